The summed E-state index contributed by atoms with van der Waals surface area (Å²) in [6, 6.07) is 7.64. The van der Waals surface area contributed by atoms with Gasteiger partial charge in [-0.3, -0.25) is 4.98 Å². The number of nitrogens with zero attached hydrogens (tertiary/aromatic N) is 2. The van der Waals surface area contributed by atoms with Gasteiger partial charge in [-0.05, 0) is 18.2 Å². The highest BCUT2D eigenvalue weighted by atomic mass is 32.1. The summed E-state index contributed by atoms with van der Waals surface area (Å²) in [4.78, 5) is 5.71. The Morgan fingerprint density at radius 2 is 2.21 bits per heavy atom. The minimum absolute atomic E-state index is 0.634. The zero-order valence-corrected chi connectivity index (χ0v) is 8.08. The van der Waals surface area contributed by atoms with E-state index in [1.165, 1.54) is 11.3 Å². The van der Waals surface area contributed by atoms with Gasteiger partial charge in [0, 0.05) is 22.8 Å². The van der Waals surface area contributed by atoms with E-state index in [0.717, 1.165) is 10.4 Å². The predicted octanol–water partition coefficient (Wildman–Crippen LogP) is 2.26. The maximum absolute atomic E-state index is 8.67. The summed E-state index contributed by atoms with van der Waals surface area (Å²) in [5.74, 6) is 0. The van der Waals surface area contributed by atoms with Gasteiger partial charge >= 0.3 is 0 Å². The third kappa shape index (κ3) is 1.58. The van der Waals surface area contributed by atoms with Crippen LogP contribution in [0.15, 0.2) is 30.6 Å². The molecule has 68 valence electrons. The molecule has 0 spiro atoms. The van der Waals surface area contributed by atoms with Crippen molar-refractivity contribution in [2.75, 3.05) is 5.73 Å². The molecular weight excluding hydrogens is 194 g/mol. The monoisotopic (exact) mass is 201 g/mol. The van der Waals surface area contributed by atoms with Gasteiger partial charge in [0.25, 0.3) is 0 Å². The quantitative estimate of drug-likeness (QED) is 0.769. The fourth-order valence-electron chi connectivity index (χ4n) is 1.15. The van der Waals surface area contributed by atoms with Gasteiger partial charge in [-0.1, -0.05) is 0 Å². The van der Waals surface area contributed by atoms with E-state index in [0.29, 0.717) is 10.6 Å². The molecule has 0 aliphatic rings. The number of hydrogen-bond acceptors (Lipinski definition) is 4. The molecule has 0 atom stereocenters. The third-order valence-electron chi connectivity index (χ3n) is 1.76. The molecule has 2 rings (SSSR count). The van der Waals surface area contributed by atoms with Crippen LogP contribution in [0.3, 0.4) is 0 Å². The summed E-state index contributed by atoms with van der Waals surface area (Å²) in [5, 5.41) is 8.67. The van der Waals surface area contributed by atoms with Gasteiger partial charge in [-0.2, -0.15) is 5.26 Å². The second-order valence-corrected chi connectivity index (χ2v) is 3.87. The van der Waals surface area contributed by atoms with Crippen molar-refractivity contribution in [3.05, 3.63) is 35.5 Å². The molecule has 14 heavy (non-hydrogen) atoms. The van der Waals surface area contributed by atoms with Crippen molar-refractivity contribution in [3.8, 4) is 16.5 Å². The molecule has 2 aromatic rings. The molecule has 0 aliphatic heterocycles. The van der Waals surface area contributed by atoms with Gasteiger partial charge in [0.05, 0.1) is 5.69 Å². The van der Waals surface area contributed by atoms with Crippen LogP contribution in [0.1, 0.15) is 4.88 Å². The zero-order chi connectivity index (χ0) is 9.97. The molecular formula is C10H7N3S. The molecule has 0 radical (unpaired) electrons. The molecule has 2 heterocycles. The van der Waals surface area contributed by atoms with Gasteiger partial charge in [-0.25, -0.2) is 0 Å². The largest absolute Gasteiger partial charge is 0.397 e. The molecule has 0 aliphatic carbocycles. The van der Waals surface area contributed by atoms with E-state index in [-0.39, 0.29) is 0 Å². The smallest absolute Gasteiger partial charge is 0.110 e. The van der Waals surface area contributed by atoms with Gasteiger partial charge in [0.15, 0.2) is 0 Å². The minimum atomic E-state index is 0.634. The van der Waals surface area contributed by atoms with Gasteiger partial charge < -0.3 is 5.73 Å². The molecule has 0 fully saturated rings. The predicted molar refractivity (Wildman–Crippen MR) is 56.7 cm³/mol. The van der Waals surface area contributed by atoms with Crippen molar-refractivity contribution >= 4 is 17.0 Å². The highest BCUT2D eigenvalue weighted by Crippen LogP contribution is 2.27. The van der Waals surface area contributed by atoms with E-state index < -0.39 is 0 Å². The lowest BCUT2D eigenvalue weighted by molar-refractivity contribution is 1.34. The number of anilines is 1. The highest BCUT2D eigenvalue weighted by molar-refractivity contribution is 7.16. The summed E-state index contributed by atoms with van der Waals surface area (Å²) in [5.41, 5.74) is 7.20. The SMILES string of the molecule is N#Cc1ccc(-c2cncc(N)c2)s1. The number of nitriles is 1. The second kappa shape index (κ2) is 3.48. The first-order valence-corrected chi connectivity index (χ1v) is 4.82. The standard InChI is InChI=1S/C10H7N3S/c11-4-9-1-2-10(14-9)7-3-8(12)6-13-5-7/h1-3,5-6H,12H2. The van der Waals surface area contributed by atoms with E-state index in [9.17, 15) is 0 Å². The lowest BCUT2D eigenvalue weighted by Gasteiger charge is -1.96. The Hall–Kier alpha value is -1.86. The first kappa shape index (κ1) is 8.73. The van der Waals surface area contributed by atoms with E-state index in [2.05, 4.69) is 11.1 Å². The van der Waals surface area contributed by atoms with Gasteiger partial charge in [-0.15, -0.1) is 11.3 Å². The Morgan fingerprint density at radius 3 is 2.86 bits per heavy atom. The minimum Gasteiger partial charge on any atom is -0.397 e. The maximum Gasteiger partial charge on any atom is 0.110 e. The molecule has 0 amide bonds. The number of nitrogen functional groups attached to an aromatic ring is 1. The van der Waals surface area contributed by atoms with Crippen LogP contribution in [0.4, 0.5) is 5.69 Å². The molecule has 0 saturated heterocycles. The van der Waals surface area contributed by atoms with Crippen molar-refractivity contribution in [2.24, 2.45) is 0 Å². The van der Waals surface area contributed by atoms with Crippen molar-refractivity contribution in [1.82, 2.24) is 4.98 Å². The third-order valence-corrected chi connectivity index (χ3v) is 2.80. The number of rotatable bonds is 1. The topological polar surface area (TPSA) is 62.7 Å². The second-order valence-electron chi connectivity index (χ2n) is 2.78. The number of thiophene rings is 1. The molecule has 0 aromatic carbocycles. The van der Waals surface area contributed by atoms with Crippen molar-refractivity contribution in [1.29, 1.82) is 5.26 Å². The molecule has 0 unspecified atom stereocenters. The van der Waals surface area contributed by atoms with Crippen LogP contribution in [0.25, 0.3) is 10.4 Å². The number of nitrogens with two attached hydrogens (primary N) is 1. The first-order chi connectivity index (χ1) is 6.79. The fourth-order valence-corrected chi connectivity index (χ4v) is 1.93. The number of hydrogen-bond donors (Lipinski definition) is 1. The van der Waals surface area contributed by atoms with Gasteiger partial charge in [0.2, 0.25) is 0 Å². The lowest BCUT2D eigenvalue weighted by Crippen LogP contribution is -1.85. The van der Waals surface area contributed by atoms with Crippen molar-refractivity contribution < 1.29 is 0 Å². The van der Waals surface area contributed by atoms with Crippen LogP contribution >= 0.6 is 11.3 Å². The summed E-state index contributed by atoms with van der Waals surface area (Å²) in [7, 11) is 0. The highest BCUT2D eigenvalue weighted by Gasteiger charge is 2.02. The normalized spacial score (nSPS) is 9.64. The molecule has 2 aromatic heterocycles. The van der Waals surface area contributed by atoms with E-state index in [1.54, 1.807) is 18.5 Å². The van der Waals surface area contributed by atoms with Crippen LogP contribution in [-0.2, 0) is 0 Å². The molecule has 0 saturated carbocycles. The first-order valence-electron chi connectivity index (χ1n) is 4.00. The van der Waals surface area contributed by atoms with Crippen LogP contribution < -0.4 is 5.73 Å². The molecule has 0 bridgehead atoms. The van der Waals surface area contributed by atoms with Crippen LogP contribution in [-0.4, -0.2) is 4.98 Å². The van der Waals surface area contributed by atoms with Crippen molar-refractivity contribution in [2.45, 2.75) is 0 Å². The molecule has 3 nitrogen and oxygen atoms in total. The summed E-state index contributed by atoms with van der Waals surface area (Å²) in [6.45, 7) is 0. The zero-order valence-electron chi connectivity index (χ0n) is 7.27. The van der Waals surface area contributed by atoms with E-state index in [4.69, 9.17) is 11.0 Å². The summed E-state index contributed by atoms with van der Waals surface area (Å²) >= 11 is 1.44. The van der Waals surface area contributed by atoms with Gasteiger partial charge in [0.1, 0.15) is 10.9 Å². The summed E-state index contributed by atoms with van der Waals surface area (Å²) < 4.78 is 0. The molecule has 4 heteroatoms. The fraction of sp³-hybridized carbons (Fsp3) is 0. The lowest BCUT2D eigenvalue weighted by atomic mass is 10.2. The van der Waals surface area contributed by atoms with Crippen LogP contribution in [0.2, 0.25) is 0 Å². The maximum atomic E-state index is 8.67. The Kier molecular flexibility index (Phi) is 2.17. The number of aromatic nitrogens is 1. The van der Waals surface area contributed by atoms with Crippen LogP contribution in [0.5, 0.6) is 0 Å². The Bertz CT molecular complexity index is 496. The summed E-state index contributed by atoms with van der Waals surface area (Å²) in [6.07, 6.45) is 3.34. The Balaban J connectivity index is 2.45. The Morgan fingerprint density at radius 1 is 1.36 bits per heavy atom. The number of pyridine rings is 1. The van der Waals surface area contributed by atoms with E-state index >= 15 is 0 Å². The van der Waals surface area contributed by atoms with Crippen LogP contribution in [0, 0.1) is 11.3 Å². The van der Waals surface area contributed by atoms with E-state index in [1.807, 2.05) is 12.1 Å². The average molecular weight is 201 g/mol. The van der Waals surface area contributed by atoms with Crippen molar-refractivity contribution in [3.63, 3.8) is 0 Å². The molecule has 2 N–H and O–H groups in total. The Labute approximate surface area is 85.4 Å². The average Bonchev–Trinajstić information content (AvgIpc) is 2.66.